The molecule has 0 aliphatic rings. The summed E-state index contributed by atoms with van der Waals surface area (Å²) in [6.07, 6.45) is 1.74. The summed E-state index contributed by atoms with van der Waals surface area (Å²) in [5, 5.41) is 15.0. The number of anilines is 1. The molecule has 0 aliphatic carbocycles. The normalized spacial score (nSPS) is 10.8. The second kappa shape index (κ2) is 5.62. The van der Waals surface area contributed by atoms with Crippen LogP contribution in [0.3, 0.4) is 0 Å². The third-order valence-electron chi connectivity index (χ3n) is 3.51. The Bertz CT molecular complexity index is 802. The van der Waals surface area contributed by atoms with Crippen molar-refractivity contribution in [2.45, 2.75) is 13.5 Å². The van der Waals surface area contributed by atoms with Crippen molar-refractivity contribution >= 4 is 28.2 Å². The lowest BCUT2D eigenvalue weighted by molar-refractivity contribution is 0.465. The fourth-order valence-electron chi connectivity index (χ4n) is 2.33. The molecule has 0 saturated carbocycles. The zero-order chi connectivity index (χ0) is 14.8. The monoisotopic (exact) mass is 298 g/mol. The molecule has 0 unspecified atom stereocenters. The maximum Gasteiger partial charge on any atom is 0.123 e. The van der Waals surface area contributed by atoms with Crippen molar-refractivity contribution in [2.75, 3.05) is 5.32 Å². The molecule has 1 heterocycles. The van der Waals surface area contributed by atoms with Crippen LogP contribution in [0.15, 0.2) is 48.7 Å². The third kappa shape index (κ3) is 2.65. The molecule has 3 aromatic rings. The molecular formula is C17H15ClN2O. The lowest BCUT2D eigenvalue weighted by Crippen LogP contribution is -2.01. The van der Waals surface area contributed by atoms with E-state index in [0.29, 0.717) is 17.3 Å². The van der Waals surface area contributed by atoms with Crippen molar-refractivity contribution in [2.24, 2.45) is 0 Å². The first kappa shape index (κ1) is 13.7. The van der Waals surface area contributed by atoms with Crippen LogP contribution in [0, 0.1) is 6.92 Å². The molecular weight excluding hydrogens is 284 g/mol. The Hall–Kier alpha value is -2.26. The zero-order valence-corrected chi connectivity index (χ0v) is 12.4. The van der Waals surface area contributed by atoms with Gasteiger partial charge in [-0.2, -0.15) is 0 Å². The van der Waals surface area contributed by atoms with Crippen molar-refractivity contribution in [3.8, 4) is 5.75 Å². The van der Waals surface area contributed by atoms with Gasteiger partial charge in [-0.15, -0.1) is 0 Å². The molecule has 4 heteroatoms. The summed E-state index contributed by atoms with van der Waals surface area (Å²) in [5.41, 5.74) is 3.45. The topological polar surface area (TPSA) is 45.2 Å². The predicted octanol–water partition coefficient (Wildman–Crippen LogP) is 4.51. The average molecular weight is 299 g/mol. The summed E-state index contributed by atoms with van der Waals surface area (Å²) in [5.74, 6) is 0.330. The van der Waals surface area contributed by atoms with E-state index in [9.17, 15) is 5.11 Å². The molecule has 0 atom stereocenters. The van der Waals surface area contributed by atoms with Gasteiger partial charge in [-0.1, -0.05) is 29.8 Å². The number of nitrogens with zero attached hydrogens (tertiary/aromatic N) is 1. The standard InChI is InChI=1S/C17H15ClN2O/c1-11-4-2-5-12(17(11)21)10-20-15-8-7-14(18)13-6-3-9-19-16(13)15/h2-9,20-21H,10H2,1H3. The van der Waals surface area contributed by atoms with E-state index in [1.165, 1.54) is 0 Å². The number of hydrogen-bond donors (Lipinski definition) is 2. The summed E-state index contributed by atoms with van der Waals surface area (Å²) in [6, 6.07) is 13.3. The van der Waals surface area contributed by atoms with E-state index >= 15 is 0 Å². The Morgan fingerprint density at radius 2 is 2.00 bits per heavy atom. The summed E-state index contributed by atoms with van der Waals surface area (Å²) in [6.45, 7) is 2.42. The van der Waals surface area contributed by atoms with Crippen LogP contribution in [0.4, 0.5) is 5.69 Å². The molecule has 0 radical (unpaired) electrons. The highest BCUT2D eigenvalue weighted by atomic mass is 35.5. The number of nitrogens with one attached hydrogen (secondary N) is 1. The van der Waals surface area contributed by atoms with Crippen LogP contribution in [0.5, 0.6) is 5.75 Å². The first-order chi connectivity index (χ1) is 10.2. The maximum absolute atomic E-state index is 10.1. The van der Waals surface area contributed by atoms with Gasteiger partial charge in [0.05, 0.1) is 16.2 Å². The van der Waals surface area contributed by atoms with Crippen LogP contribution in [-0.4, -0.2) is 10.1 Å². The van der Waals surface area contributed by atoms with Gasteiger partial charge in [0.25, 0.3) is 0 Å². The molecule has 0 bridgehead atoms. The van der Waals surface area contributed by atoms with Crippen molar-refractivity contribution in [3.63, 3.8) is 0 Å². The first-order valence-corrected chi connectivity index (χ1v) is 7.09. The van der Waals surface area contributed by atoms with Gasteiger partial charge in [-0.25, -0.2) is 0 Å². The van der Waals surface area contributed by atoms with E-state index in [-0.39, 0.29) is 0 Å². The lowest BCUT2D eigenvalue weighted by atomic mass is 10.1. The van der Waals surface area contributed by atoms with E-state index in [2.05, 4.69) is 10.3 Å². The van der Waals surface area contributed by atoms with Crippen molar-refractivity contribution in [3.05, 3.63) is 64.8 Å². The van der Waals surface area contributed by atoms with E-state index in [0.717, 1.165) is 27.7 Å². The predicted molar refractivity (Wildman–Crippen MR) is 86.9 cm³/mol. The van der Waals surface area contributed by atoms with Crippen molar-refractivity contribution < 1.29 is 5.11 Å². The Morgan fingerprint density at radius 1 is 1.14 bits per heavy atom. The molecule has 3 nitrogen and oxygen atoms in total. The first-order valence-electron chi connectivity index (χ1n) is 6.71. The summed E-state index contributed by atoms with van der Waals surface area (Å²) >= 11 is 6.18. The number of pyridine rings is 1. The molecule has 1 aromatic heterocycles. The molecule has 21 heavy (non-hydrogen) atoms. The van der Waals surface area contributed by atoms with Crippen LogP contribution < -0.4 is 5.32 Å². The van der Waals surface area contributed by atoms with Gasteiger partial charge in [0.15, 0.2) is 0 Å². The van der Waals surface area contributed by atoms with E-state index in [1.807, 2.05) is 49.4 Å². The van der Waals surface area contributed by atoms with Gasteiger partial charge >= 0.3 is 0 Å². The molecule has 0 spiro atoms. The van der Waals surface area contributed by atoms with E-state index in [1.54, 1.807) is 6.20 Å². The number of hydrogen-bond acceptors (Lipinski definition) is 3. The smallest absolute Gasteiger partial charge is 0.123 e. The second-order valence-electron chi connectivity index (χ2n) is 4.93. The highest BCUT2D eigenvalue weighted by molar-refractivity contribution is 6.35. The van der Waals surface area contributed by atoms with Gasteiger partial charge in [0.1, 0.15) is 5.75 Å². The molecule has 0 aliphatic heterocycles. The number of aromatic hydroxyl groups is 1. The molecule has 3 rings (SSSR count). The lowest BCUT2D eigenvalue weighted by Gasteiger charge is -2.12. The van der Waals surface area contributed by atoms with E-state index < -0.39 is 0 Å². The summed E-state index contributed by atoms with van der Waals surface area (Å²) < 4.78 is 0. The molecule has 0 saturated heterocycles. The quantitative estimate of drug-likeness (QED) is 0.747. The van der Waals surface area contributed by atoms with Crippen molar-refractivity contribution in [1.82, 2.24) is 4.98 Å². The number of aryl methyl sites for hydroxylation is 1. The number of aromatic nitrogens is 1. The minimum absolute atomic E-state index is 0.330. The minimum atomic E-state index is 0.330. The van der Waals surface area contributed by atoms with Gasteiger partial charge in [0.2, 0.25) is 0 Å². The van der Waals surface area contributed by atoms with Crippen LogP contribution in [0.1, 0.15) is 11.1 Å². The number of phenolic OH excluding ortho intramolecular Hbond substituents is 1. The highest BCUT2D eigenvalue weighted by Crippen LogP contribution is 2.29. The fraction of sp³-hybridized carbons (Fsp3) is 0.118. The molecule has 0 fully saturated rings. The number of fused-ring (bicyclic) bond motifs is 1. The Kier molecular flexibility index (Phi) is 3.67. The van der Waals surface area contributed by atoms with Gasteiger partial charge in [-0.05, 0) is 36.8 Å². The van der Waals surface area contributed by atoms with Gasteiger partial charge in [-0.3, -0.25) is 4.98 Å². The number of para-hydroxylation sites is 1. The van der Waals surface area contributed by atoms with Crippen LogP contribution >= 0.6 is 11.6 Å². The molecule has 2 aromatic carbocycles. The Balaban J connectivity index is 1.92. The van der Waals surface area contributed by atoms with Crippen LogP contribution in [0.2, 0.25) is 5.02 Å². The average Bonchev–Trinajstić information content (AvgIpc) is 2.51. The zero-order valence-electron chi connectivity index (χ0n) is 11.6. The third-order valence-corrected chi connectivity index (χ3v) is 3.84. The molecule has 0 amide bonds. The summed E-state index contributed by atoms with van der Waals surface area (Å²) in [4.78, 5) is 4.38. The minimum Gasteiger partial charge on any atom is -0.507 e. The number of benzene rings is 2. The maximum atomic E-state index is 10.1. The fourth-order valence-corrected chi connectivity index (χ4v) is 2.55. The number of halogens is 1. The van der Waals surface area contributed by atoms with Gasteiger partial charge < -0.3 is 10.4 Å². The number of rotatable bonds is 3. The molecule has 2 N–H and O–H groups in total. The van der Waals surface area contributed by atoms with Crippen molar-refractivity contribution in [1.29, 1.82) is 0 Å². The number of phenols is 1. The highest BCUT2D eigenvalue weighted by Gasteiger charge is 2.07. The Labute approximate surface area is 128 Å². The second-order valence-corrected chi connectivity index (χ2v) is 5.34. The van der Waals surface area contributed by atoms with Crippen LogP contribution in [-0.2, 0) is 6.54 Å². The largest absolute Gasteiger partial charge is 0.507 e. The van der Waals surface area contributed by atoms with Crippen LogP contribution in [0.25, 0.3) is 10.9 Å². The SMILES string of the molecule is Cc1cccc(CNc2ccc(Cl)c3cccnc23)c1O. The summed E-state index contributed by atoms with van der Waals surface area (Å²) in [7, 11) is 0. The molecule has 106 valence electrons. The van der Waals surface area contributed by atoms with E-state index in [4.69, 9.17) is 11.6 Å². The van der Waals surface area contributed by atoms with Gasteiger partial charge in [0, 0.05) is 23.7 Å². The Morgan fingerprint density at radius 3 is 2.86 bits per heavy atom.